The summed E-state index contributed by atoms with van der Waals surface area (Å²) in [6.45, 7) is 0.661. The van der Waals surface area contributed by atoms with Crippen LogP contribution in [0, 0.1) is 5.41 Å². The molecule has 20 heavy (non-hydrogen) atoms. The standard InChI is InChI=1S/C16H22ClNO2/c17-14-6-3-5-13(11-14)12-16(7-1-2-8-16)15(20)18-9-4-10-19/h3,5-6,11,19H,1-2,4,7-10,12H2,(H,18,20). The molecule has 1 fully saturated rings. The normalized spacial score (nSPS) is 17.1. The first-order valence-corrected chi connectivity index (χ1v) is 7.68. The summed E-state index contributed by atoms with van der Waals surface area (Å²) in [7, 11) is 0. The maximum Gasteiger partial charge on any atom is 0.226 e. The van der Waals surface area contributed by atoms with Gasteiger partial charge in [-0.15, -0.1) is 0 Å². The zero-order chi connectivity index (χ0) is 14.4. The molecule has 0 atom stereocenters. The van der Waals surface area contributed by atoms with Crippen LogP contribution in [0.25, 0.3) is 0 Å². The van der Waals surface area contributed by atoms with Gasteiger partial charge in [-0.3, -0.25) is 4.79 Å². The quantitative estimate of drug-likeness (QED) is 0.793. The van der Waals surface area contributed by atoms with Crippen LogP contribution in [0.5, 0.6) is 0 Å². The highest BCUT2D eigenvalue weighted by molar-refractivity contribution is 6.30. The Morgan fingerprint density at radius 1 is 1.35 bits per heavy atom. The average Bonchev–Trinajstić information content (AvgIpc) is 2.89. The van der Waals surface area contributed by atoms with Crippen molar-refractivity contribution >= 4 is 17.5 Å². The molecule has 3 nitrogen and oxygen atoms in total. The van der Waals surface area contributed by atoms with Gasteiger partial charge >= 0.3 is 0 Å². The third-order valence-electron chi connectivity index (χ3n) is 4.09. The molecule has 2 rings (SSSR count). The molecular weight excluding hydrogens is 274 g/mol. The van der Waals surface area contributed by atoms with Crippen molar-refractivity contribution in [2.24, 2.45) is 5.41 Å². The van der Waals surface area contributed by atoms with Crippen molar-refractivity contribution in [1.82, 2.24) is 5.32 Å². The van der Waals surface area contributed by atoms with E-state index < -0.39 is 0 Å². The van der Waals surface area contributed by atoms with E-state index >= 15 is 0 Å². The fraction of sp³-hybridized carbons (Fsp3) is 0.562. The zero-order valence-corrected chi connectivity index (χ0v) is 12.5. The molecule has 110 valence electrons. The molecule has 4 heteroatoms. The van der Waals surface area contributed by atoms with E-state index in [2.05, 4.69) is 5.32 Å². The number of nitrogens with one attached hydrogen (secondary N) is 1. The van der Waals surface area contributed by atoms with Gasteiger partial charge in [0.15, 0.2) is 0 Å². The smallest absolute Gasteiger partial charge is 0.226 e. The Bertz CT molecular complexity index is 456. The van der Waals surface area contributed by atoms with Crippen LogP contribution in [0.2, 0.25) is 5.02 Å². The SMILES string of the molecule is O=C(NCCCO)C1(Cc2cccc(Cl)c2)CCCC1. The van der Waals surface area contributed by atoms with Crippen molar-refractivity contribution in [2.45, 2.75) is 38.5 Å². The molecule has 1 saturated carbocycles. The molecule has 0 bridgehead atoms. The summed E-state index contributed by atoms with van der Waals surface area (Å²) in [6.07, 6.45) is 5.44. The van der Waals surface area contributed by atoms with Gasteiger partial charge in [-0.05, 0) is 43.4 Å². The van der Waals surface area contributed by atoms with Gasteiger partial charge in [-0.1, -0.05) is 36.6 Å². The van der Waals surface area contributed by atoms with Crippen molar-refractivity contribution in [2.75, 3.05) is 13.2 Å². The summed E-state index contributed by atoms with van der Waals surface area (Å²) in [5, 5.41) is 12.5. The largest absolute Gasteiger partial charge is 0.396 e. The van der Waals surface area contributed by atoms with Crippen molar-refractivity contribution in [3.05, 3.63) is 34.9 Å². The highest BCUT2D eigenvalue weighted by atomic mass is 35.5. The van der Waals surface area contributed by atoms with Crippen molar-refractivity contribution < 1.29 is 9.90 Å². The van der Waals surface area contributed by atoms with E-state index in [1.807, 2.05) is 24.3 Å². The molecule has 0 heterocycles. The monoisotopic (exact) mass is 295 g/mol. The molecule has 2 N–H and O–H groups in total. The number of benzene rings is 1. The third-order valence-corrected chi connectivity index (χ3v) is 4.33. The topological polar surface area (TPSA) is 49.3 Å². The van der Waals surface area contributed by atoms with Crippen molar-refractivity contribution in [3.63, 3.8) is 0 Å². The van der Waals surface area contributed by atoms with Crippen LogP contribution < -0.4 is 5.32 Å². The predicted molar refractivity (Wildman–Crippen MR) is 80.8 cm³/mol. The first-order valence-electron chi connectivity index (χ1n) is 7.30. The number of carbonyl (C=O) groups is 1. The number of aliphatic hydroxyl groups is 1. The summed E-state index contributed by atoms with van der Waals surface area (Å²) in [6, 6.07) is 7.77. The Morgan fingerprint density at radius 3 is 2.75 bits per heavy atom. The second-order valence-electron chi connectivity index (χ2n) is 5.63. The van der Waals surface area contributed by atoms with Gasteiger partial charge in [0.05, 0.1) is 5.41 Å². The Morgan fingerprint density at radius 2 is 2.10 bits per heavy atom. The van der Waals surface area contributed by atoms with Gasteiger partial charge in [0, 0.05) is 18.2 Å². The van der Waals surface area contributed by atoms with Crippen LogP contribution >= 0.6 is 11.6 Å². The fourth-order valence-corrected chi connectivity index (χ4v) is 3.25. The van der Waals surface area contributed by atoms with E-state index in [4.69, 9.17) is 16.7 Å². The van der Waals surface area contributed by atoms with Gasteiger partial charge in [0.25, 0.3) is 0 Å². The first-order chi connectivity index (χ1) is 9.66. The lowest BCUT2D eigenvalue weighted by atomic mass is 9.79. The molecule has 1 amide bonds. The van der Waals surface area contributed by atoms with Crippen LogP contribution in [0.1, 0.15) is 37.7 Å². The Hall–Kier alpha value is -1.06. The number of aliphatic hydroxyl groups excluding tert-OH is 1. The van der Waals surface area contributed by atoms with Crippen LogP contribution in [0.3, 0.4) is 0 Å². The van der Waals surface area contributed by atoms with Gasteiger partial charge in [0.1, 0.15) is 0 Å². The number of rotatable bonds is 6. The minimum absolute atomic E-state index is 0.113. The molecule has 0 saturated heterocycles. The van der Waals surface area contributed by atoms with Crippen LogP contribution in [0.4, 0.5) is 0 Å². The molecule has 0 spiro atoms. The van der Waals surface area contributed by atoms with E-state index in [9.17, 15) is 4.79 Å². The Labute approximate surface area is 125 Å². The summed E-state index contributed by atoms with van der Waals surface area (Å²) < 4.78 is 0. The summed E-state index contributed by atoms with van der Waals surface area (Å²) in [5.74, 6) is 0.128. The highest BCUT2D eigenvalue weighted by Crippen LogP contribution is 2.41. The number of hydrogen-bond donors (Lipinski definition) is 2. The van der Waals surface area contributed by atoms with E-state index in [1.165, 1.54) is 0 Å². The minimum atomic E-state index is -0.292. The number of carbonyl (C=O) groups excluding carboxylic acids is 1. The number of amides is 1. The summed E-state index contributed by atoms with van der Waals surface area (Å²) >= 11 is 6.03. The second kappa shape index (κ2) is 7.09. The average molecular weight is 296 g/mol. The summed E-state index contributed by atoms with van der Waals surface area (Å²) in [5.41, 5.74) is 0.830. The van der Waals surface area contributed by atoms with Crippen LogP contribution in [-0.2, 0) is 11.2 Å². The highest BCUT2D eigenvalue weighted by Gasteiger charge is 2.40. The lowest BCUT2D eigenvalue weighted by Gasteiger charge is -2.28. The maximum atomic E-state index is 12.5. The molecule has 1 aliphatic rings. The first kappa shape index (κ1) is 15.3. The van der Waals surface area contributed by atoms with Gasteiger partial charge in [0.2, 0.25) is 5.91 Å². The maximum absolute atomic E-state index is 12.5. The Balaban J connectivity index is 2.07. The molecular formula is C16H22ClNO2. The van der Waals surface area contributed by atoms with Crippen LogP contribution in [0.15, 0.2) is 24.3 Å². The molecule has 0 unspecified atom stereocenters. The summed E-state index contributed by atoms with van der Waals surface area (Å²) in [4.78, 5) is 12.5. The van der Waals surface area contributed by atoms with Crippen molar-refractivity contribution in [3.8, 4) is 0 Å². The number of hydrogen-bond acceptors (Lipinski definition) is 2. The second-order valence-corrected chi connectivity index (χ2v) is 6.06. The van der Waals surface area contributed by atoms with Gasteiger partial charge in [-0.2, -0.15) is 0 Å². The lowest BCUT2D eigenvalue weighted by Crippen LogP contribution is -2.41. The van der Waals surface area contributed by atoms with Gasteiger partial charge in [-0.25, -0.2) is 0 Å². The molecule has 1 aliphatic carbocycles. The zero-order valence-electron chi connectivity index (χ0n) is 11.7. The molecule has 1 aromatic carbocycles. The molecule has 1 aromatic rings. The van der Waals surface area contributed by atoms with E-state index in [0.29, 0.717) is 13.0 Å². The van der Waals surface area contributed by atoms with E-state index in [0.717, 1.165) is 42.7 Å². The molecule has 0 aromatic heterocycles. The lowest BCUT2D eigenvalue weighted by molar-refractivity contribution is -0.130. The minimum Gasteiger partial charge on any atom is -0.396 e. The van der Waals surface area contributed by atoms with Crippen LogP contribution in [-0.4, -0.2) is 24.2 Å². The van der Waals surface area contributed by atoms with Crippen molar-refractivity contribution in [1.29, 1.82) is 0 Å². The van der Waals surface area contributed by atoms with E-state index in [-0.39, 0.29) is 17.9 Å². The molecule has 0 radical (unpaired) electrons. The molecule has 0 aliphatic heterocycles. The van der Waals surface area contributed by atoms with E-state index in [1.54, 1.807) is 0 Å². The third kappa shape index (κ3) is 3.74. The number of halogens is 1. The Kier molecular flexibility index (Phi) is 5.44. The fourth-order valence-electron chi connectivity index (χ4n) is 3.04. The van der Waals surface area contributed by atoms with Gasteiger partial charge < -0.3 is 10.4 Å². The predicted octanol–water partition coefficient (Wildman–Crippen LogP) is 2.94.